The van der Waals surface area contributed by atoms with Crippen molar-refractivity contribution in [3.63, 3.8) is 0 Å². The molecule has 2 aromatic rings. The van der Waals surface area contributed by atoms with E-state index < -0.39 is 11.7 Å². The third-order valence-electron chi connectivity index (χ3n) is 4.21. The largest absolute Gasteiger partial charge is 0.491 e. The molecule has 3 rings (SSSR count). The predicted molar refractivity (Wildman–Crippen MR) is 93.4 cm³/mol. The lowest BCUT2D eigenvalue weighted by atomic mass is 10.1. The molecule has 0 spiro atoms. The molecule has 1 aliphatic rings. The van der Waals surface area contributed by atoms with Crippen molar-refractivity contribution in [1.82, 2.24) is 4.90 Å². The summed E-state index contributed by atoms with van der Waals surface area (Å²) in [5.41, 5.74) is 1.29. The van der Waals surface area contributed by atoms with E-state index in [2.05, 4.69) is 0 Å². The van der Waals surface area contributed by atoms with Crippen LogP contribution in [0.4, 0.5) is 4.39 Å². The first kappa shape index (κ1) is 17.9. The Morgan fingerprint density at radius 1 is 1.35 bits per heavy atom. The molecule has 0 bridgehead atoms. The van der Waals surface area contributed by atoms with E-state index in [1.54, 1.807) is 4.90 Å². The van der Waals surface area contributed by atoms with Crippen molar-refractivity contribution >= 4 is 5.91 Å². The molecule has 5 nitrogen and oxygen atoms in total. The van der Waals surface area contributed by atoms with Gasteiger partial charge < -0.3 is 14.4 Å². The summed E-state index contributed by atoms with van der Waals surface area (Å²) in [6.07, 6.45) is -0.282. The van der Waals surface area contributed by atoms with E-state index in [1.165, 1.54) is 12.1 Å². The molecule has 1 saturated heterocycles. The van der Waals surface area contributed by atoms with E-state index in [0.717, 1.165) is 17.4 Å². The quantitative estimate of drug-likeness (QED) is 0.847. The molecule has 0 aliphatic carbocycles. The van der Waals surface area contributed by atoms with Gasteiger partial charge in [0.25, 0.3) is 5.91 Å². The molecule has 0 saturated carbocycles. The number of hydrogen-bond donors (Lipinski definition) is 0. The fourth-order valence-corrected chi connectivity index (χ4v) is 2.76. The highest BCUT2D eigenvalue weighted by Gasteiger charge is 2.27. The Morgan fingerprint density at radius 3 is 2.81 bits per heavy atom. The summed E-state index contributed by atoms with van der Waals surface area (Å²) in [6.45, 7) is 3.39. The van der Waals surface area contributed by atoms with Gasteiger partial charge in [-0.3, -0.25) is 4.79 Å². The number of aryl methyl sites for hydroxylation is 1. The number of nitrogens with zero attached hydrogens (tertiary/aromatic N) is 2. The van der Waals surface area contributed by atoms with Crippen LogP contribution in [-0.2, 0) is 4.74 Å². The number of carbonyl (C=O) groups is 1. The standard InChI is InChI=1S/C20H19FN2O3/c1-14-2-5-16(6-3-14)26-13-17-12-23(8-9-25-17)20(24)18-7-4-15(11-22)10-19(18)21/h2-7,10,17H,8-9,12-13H2,1H3. The Bertz CT molecular complexity index is 830. The van der Waals surface area contributed by atoms with Crippen LogP contribution in [0.15, 0.2) is 42.5 Å². The van der Waals surface area contributed by atoms with Gasteiger partial charge in [0.2, 0.25) is 0 Å². The van der Waals surface area contributed by atoms with Crippen LogP contribution in [0.3, 0.4) is 0 Å². The number of rotatable bonds is 4. The van der Waals surface area contributed by atoms with Crippen LogP contribution in [0.5, 0.6) is 5.75 Å². The smallest absolute Gasteiger partial charge is 0.256 e. The molecule has 2 aromatic carbocycles. The minimum atomic E-state index is -0.687. The highest BCUT2D eigenvalue weighted by molar-refractivity contribution is 5.94. The Kier molecular flexibility index (Phi) is 5.49. The average Bonchev–Trinajstić information content (AvgIpc) is 2.67. The van der Waals surface area contributed by atoms with Crippen LogP contribution < -0.4 is 4.74 Å². The zero-order valence-electron chi connectivity index (χ0n) is 14.4. The molecule has 1 aliphatic heterocycles. The average molecular weight is 354 g/mol. The number of morpholine rings is 1. The second kappa shape index (κ2) is 7.98. The normalized spacial score (nSPS) is 16.8. The van der Waals surface area contributed by atoms with E-state index in [1.807, 2.05) is 37.3 Å². The van der Waals surface area contributed by atoms with E-state index in [9.17, 15) is 9.18 Å². The van der Waals surface area contributed by atoms with E-state index in [0.29, 0.717) is 26.3 Å². The van der Waals surface area contributed by atoms with Gasteiger partial charge in [0.05, 0.1) is 30.3 Å². The third-order valence-corrected chi connectivity index (χ3v) is 4.21. The maximum atomic E-state index is 14.1. The van der Waals surface area contributed by atoms with Crippen LogP contribution in [0.25, 0.3) is 0 Å². The third kappa shape index (κ3) is 4.19. The second-order valence-electron chi connectivity index (χ2n) is 6.17. The summed E-state index contributed by atoms with van der Waals surface area (Å²) in [4.78, 5) is 14.1. The summed E-state index contributed by atoms with van der Waals surface area (Å²) in [5, 5.41) is 8.80. The van der Waals surface area contributed by atoms with Crippen molar-refractivity contribution in [3.05, 3.63) is 65.0 Å². The zero-order valence-corrected chi connectivity index (χ0v) is 14.4. The molecule has 6 heteroatoms. The Balaban J connectivity index is 1.61. The van der Waals surface area contributed by atoms with Crippen LogP contribution in [0, 0.1) is 24.1 Å². The monoisotopic (exact) mass is 354 g/mol. The number of amides is 1. The first-order valence-electron chi connectivity index (χ1n) is 8.37. The lowest BCUT2D eigenvalue weighted by Gasteiger charge is -2.33. The maximum absolute atomic E-state index is 14.1. The SMILES string of the molecule is Cc1ccc(OCC2CN(C(=O)c3ccc(C#N)cc3F)CCO2)cc1. The van der Waals surface area contributed by atoms with Gasteiger partial charge in [-0.15, -0.1) is 0 Å². The molecule has 1 unspecified atom stereocenters. The number of nitriles is 1. The number of benzene rings is 2. The lowest BCUT2D eigenvalue weighted by Crippen LogP contribution is -2.47. The summed E-state index contributed by atoms with van der Waals surface area (Å²) in [7, 11) is 0. The lowest BCUT2D eigenvalue weighted by molar-refractivity contribution is -0.0402. The molecule has 1 atom stereocenters. The molecule has 0 N–H and O–H groups in total. The fraction of sp³-hybridized carbons (Fsp3) is 0.300. The van der Waals surface area contributed by atoms with Gasteiger partial charge in [0.1, 0.15) is 24.3 Å². The van der Waals surface area contributed by atoms with Crippen molar-refractivity contribution in [2.45, 2.75) is 13.0 Å². The van der Waals surface area contributed by atoms with E-state index in [4.69, 9.17) is 14.7 Å². The van der Waals surface area contributed by atoms with Gasteiger partial charge in [-0.25, -0.2) is 4.39 Å². The molecule has 134 valence electrons. The maximum Gasteiger partial charge on any atom is 0.256 e. The van der Waals surface area contributed by atoms with E-state index >= 15 is 0 Å². The molecular formula is C20H19FN2O3. The first-order chi connectivity index (χ1) is 12.6. The van der Waals surface area contributed by atoms with Crippen LogP contribution in [0.1, 0.15) is 21.5 Å². The molecular weight excluding hydrogens is 335 g/mol. The summed E-state index contributed by atoms with van der Waals surface area (Å²) in [5.74, 6) is -0.357. The Labute approximate surface area is 151 Å². The Morgan fingerprint density at radius 2 is 2.12 bits per heavy atom. The molecule has 1 amide bonds. The molecule has 1 heterocycles. The van der Waals surface area contributed by atoms with Gasteiger partial charge >= 0.3 is 0 Å². The first-order valence-corrected chi connectivity index (χ1v) is 8.37. The second-order valence-corrected chi connectivity index (χ2v) is 6.17. The topological polar surface area (TPSA) is 62.6 Å². The number of halogens is 1. The van der Waals surface area contributed by atoms with E-state index in [-0.39, 0.29) is 17.2 Å². The van der Waals surface area contributed by atoms with Crippen molar-refractivity contribution in [2.75, 3.05) is 26.3 Å². The summed E-state index contributed by atoms with van der Waals surface area (Å²) < 4.78 is 25.5. The fourth-order valence-electron chi connectivity index (χ4n) is 2.76. The zero-order chi connectivity index (χ0) is 18.5. The number of hydrogen-bond acceptors (Lipinski definition) is 4. The number of ether oxygens (including phenoxy) is 2. The van der Waals surface area contributed by atoms with Crippen molar-refractivity contribution in [1.29, 1.82) is 5.26 Å². The van der Waals surface area contributed by atoms with Crippen molar-refractivity contribution in [2.24, 2.45) is 0 Å². The van der Waals surface area contributed by atoms with Gasteiger partial charge in [-0.1, -0.05) is 17.7 Å². The molecule has 0 radical (unpaired) electrons. The minimum absolute atomic E-state index is 0.0379. The Hall–Kier alpha value is -2.91. The number of carbonyl (C=O) groups excluding carboxylic acids is 1. The highest BCUT2D eigenvalue weighted by Crippen LogP contribution is 2.17. The predicted octanol–water partition coefficient (Wildman–Crippen LogP) is 2.93. The van der Waals surface area contributed by atoms with Crippen molar-refractivity contribution in [3.8, 4) is 11.8 Å². The molecule has 1 fully saturated rings. The summed E-state index contributed by atoms with van der Waals surface area (Å²) in [6, 6.07) is 13.4. The molecule has 0 aromatic heterocycles. The minimum Gasteiger partial charge on any atom is -0.491 e. The van der Waals surface area contributed by atoms with Gasteiger partial charge in [0.15, 0.2) is 0 Å². The van der Waals surface area contributed by atoms with Gasteiger partial charge in [0, 0.05) is 6.54 Å². The molecule has 26 heavy (non-hydrogen) atoms. The van der Waals surface area contributed by atoms with Crippen molar-refractivity contribution < 1.29 is 18.7 Å². The van der Waals surface area contributed by atoms with Gasteiger partial charge in [-0.2, -0.15) is 5.26 Å². The summed E-state index contributed by atoms with van der Waals surface area (Å²) >= 11 is 0. The van der Waals surface area contributed by atoms with Crippen LogP contribution in [-0.4, -0.2) is 43.2 Å². The highest BCUT2D eigenvalue weighted by atomic mass is 19.1. The van der Waals surface area contributed by atoms with Crippen LogP contribution >= 0.6 is 0 Å². The van der Waals surface area contributed by atoms with Gasteiger partial charge in [-0.05, 0) is 37.3 Å². The van der Waals surface area contributed by atoms with Crippen LogP contribution in [0.2, 0.25) is 0 Å².